The van der Waals surface area contributed by atoms with E-state index < -0.39 is 0 Å². The third kappa shape index (κ3) is 8.58. The molecule has 1 aromatic carbocycles. The van der Waals surface area contributed by atoms with Crippen LogP contribution in [0, 0.1) is 0 Å². The molecule has 0 radical (unpaired) electrons. The SMILES string of the molecule is CCNC(=NCC(C)N(C)Cc1ccccc1)NC(C)C.I. The predicted octanol–water partition coefficient (Wildman–Crippen LogP) is 3.09. The molecule has 1 rings (SSSR count). The Kier molecular flexibility index (Phi) is 11.3. The monoisotopic (exact) mass is 418 g/mol. The van der Waals surface area contributed by atoms with Gasteiger partial charge in [-0.3, -0.25) is 9.89 Å². The van der Waals surface area contributed by atoms with Crippen molar-refractivity contribution in [1.82, 2.24) is 15.5 Å². The maximum Gasteiger partial charge on any atom is 0.191 e. The van der Waals surface area contributed by atoms with Crippen molar-refractivity contribution in [2.45, 2.75) is 46.3 Å². The summed E-state index contributed by atoms with van der Waals surface area (Å²) in [6.07, 6.45) is 0. The minimum Gasteiger partial charge on any atom is -0.357 e. The van der Waals surface area contributed by atoms with E-state index in [1.165, 1.54) is 5.56 Å². The van der Waals surface area contributed by atoms with Gasteiger partial charge in [-0.1, -0.05) is 30.3 Å². The topological polar surface area (TPSA) is 39.7 Å². The summed E-state index contributed by atoms with van der Waals surface area (Å²) >= 11 is 0. The van der Waals surface area contributed by atoms with E-state index in [1.807, 2.05) is 0 Å². The molecule has 22 heavy (non-hydrogen) atoms. The highest BCUT2D eigenvalue weighted by atomic mass is 127. The Morgan fingerprint density at radius 2 is 1.82 bits per heavy atom. The fraction of sp³-hybridized carbons (Fsp3) is 0.588. The van der Waals surface area contributed by atoms with Crippen LogP contribution in [0.2, 0.25) is 0 Å². The first-order valence-corrected chi connectivity index (χ1v) is 7.82. The highest BCUT2D eigenvalue weighted by Gasteiger charge is 2.09. The van der Waals surface area contributed by atoms with Gasteiger partial charge in [-0.15, -0.1) is 24.0 Å². The maximum atomic E-state index is 4.67. The third-order valence-corrected chi connectivity index (χ3v) is 3.31. The van der Waals surface area contributed by atoms with Gasteiger partial charge in [0.25, 0.3) is 0 Å². The molecule has 0 aliphatic carbocycles. The van der Waals surface area contributed by atoms with Crippen molar-refractivity contribution in [2.24, 2.45) is 4.99 Å². The van der Waals surface area contributed by atoms with Crippen molar-refractivity contribution in [2.75, 3.05) is 20.1 Å². The molecule has 0 amide bonds. The molecule has 0 bridgehead atoms. The van der Waals surface area contributed by atoms with Gasteiger partial charge in [0.2, 0.25) is 0 Å². The van der Waals surface area contributed by atoms with Gasteiger partial charge in [0, 0.05) is 25.2 Å². The van der Waals surface area contributed by atoms with Crippen LogP contribution in [-0.2, 0) is 6.54 Å². The van der Waals surface area contributed by atoms with Gasteiger partial charge < -0.3 is 10.6 Å². The lowest BCUT2D eigenvalue weighted by molar-refractivity contribution is 0.255. The molecule has 0 heterocycles. The Morgan fingerprint density at radius 1 is 1.18 bits per heavy atom. The Morgan fingerprint density at radius 3 is 2.36 bits per heavy atom. The number of likely N-dealkylation sites (N-methyl/N-ethyl adjacent to an activating group) is 1. The lowest BCUT2D eigenvalue weighted by atomic mass is 10.2. The van der Waals surface area contributed by atoms with Gasteiger partial charge in [0.1, 0.15) is 0 Å². The summed E-state index contributed by atoms with van der Waals surface area (Å²) in [6.45, 7) is 11.2. The number of rotatable bonds is 7. The van der Waals surface area contributed by atoms with Crippen molar-refractivity contribution in [1.29, 1.82) is 0 Å². The molecule has 0 spiro atoms. The molecule has 0 aliphatic heterocycles. The summed E-state index contributed by atoms with van der Waals surface area (Å²) in [5.74, 6) is 0.896. The number of guanidine groups is 1. The first-order valence-electron chi connectivity index (χ1n) is 7.82. The van der Waals surface area contributed by atoms with E-state index in [4.69, 9.17) is 0 Å². The fourth-order valence-corrected chi connectivity index (χ4v) is 1.98. The molecule has 4 nitrogen and oxygen atoms in total. The molecular weight excluding hydrogens is 387 g/mol. The second kappa shape index (κ2) is 11.7. The highest BCUT2D eigenvalue weighted by molar-refractivity contribution is 14.0. The van der Waals surface area contributed by atoms with Gasteiger partial charge in [0.15, 0.2) is 5.96 Å². The van der Waals surface area contributed by atoms with Gasteiger partial charge in [0.05, 0.1) is 6.54 Å². The minimum absolute atomic E-state index is 0. The van der Waals surface area contributed by atoms with Crippen LogP contribution in [0.15, 0.2) is 35.3 Å². The lowest BCUT2D eigenvalue weighted by Gasteiger charge is -2.24. The largest absolute Gasteiger partial charge is 0.357 e. The number of nitrogens with zero attached hydrogens (tertiary/aromatic N) is 2. The number of aliphatic imine (C=N–C) groups is 1. The third-order valence-electron chi connectivity index (χ3n) is 3.31. The Balaban J connectivity index is 0.00000441. The standard InChI is InChI=1S/C17H30N4.HI/c1-6-18-17(20-14(2)3)19-12-15(4)21(5)13-16-10-8-7-9-11-16;/h7-11,14-15H,6,12-13H2,1-5H3,(H2,18,19,20);1H. The maximum absolute atomic E-state index is 4.67. The summed E-state index contributed by atoms with van der Waals surface area (Å²) in [5.41, 5.74) is 1.34. The first-order chi connectivity index (χ1) is 10.0. The number of benzene rings is 1. The van der Waals surface area contributed by atoms with Crippen LogP contribution in [0.4, 0.5) is 0 Å². The van der Waals surface area contributed by atoms with Crippen molar-refractivity contribution in [3.8, 4) is 0 Å². The molecule has 126 valence electrons. The van der Waals surface area contributed by atoms with Crippen molar-refractivity contribution in [3.63, 3.8) is 0 Å². The zero-order valence-electron chi connectivity index (χ0n) is 14.5. The number of hydrogen-bond donors (Lipinski definition) is 2. The molecule has 0 saturated heterocycles. The van der Waals surface area contributed by atoms with Gasteiger partial charge in [-0.2, -0.15) is 0 Å². The number of hydrogen-bond acceptors (Lipinski definition) is 2. The first kappa shape index (κ1) is 21.2. The Labute approximate surface area is 152 Å². The van der Waals surface area contributed by atoms with Crippen LogP contribution >= 0.6 is 24.0 Å². The summed E-state index contributed by atoms with van der Waals surface area (Å²) in [5, 5.41) is 6.62. The molecule has 1 unspecified atom stereocenters. The van der Waals surface area contributed by atoms with Crippen LogP contribution in [0.3, 0.4) is 0 Å². The lowest BCUT2D eigenvalue weighted by Crippen LogP contribution is -2.42. The zero-order valence-corrected chi connectivity index (χ0v) is 16.8. The van der Waals surface area contributed by atoms with E-state index in [0.29, 0.717) is 12.1 Å². The summed E-state index contributed by atoms with van der Waals surface area (Å²) in [4.78, 5) is 7.00. The highest BCUT2D eigenvalue weighted by Crippen LogP contribution is 2.06. The Hall–Kier alpha value is -0.820. The van der Waals surface area contributed by atoms with Crippen molar-refractivity contribution >= 4 is 29.9 Å². The molecule has 0 saturated carbocycles. The van der Waals surface area contributed by atoms with E-state index >= 15 is 0 Å². The van der Waals surface area contributed by atoms with E-state index in [-0.39, 0.29) is 24.0 Å². The summed E-state index contributed by atoms with van der Waals surface area (Å²) in [7, 11) is 2.15. The van der Waals surface area contributed by atoms with Gasteiger partial charge in [-0.05, 0) is 40.3 Å². The molecule has 0 fully saturated rings. The quantitative estimate of drug-likeness (QED) is 0.406. The van der Waals surface area contributed by atoms with Gasteiger partial charge in [-0.25, -0.2) is 0 Å². The van der Waals surface area contributed by atoms with Crippen molar-refractivity contribution in [3.05, 3.63) is 35.9 Å². The predicted molar refractivity (Wildman–Crippen MR) is 107 cm³/mol. The van der Waals surface area contributed by atoms with E-state index in [1.54, 1.807) is 0 Å². The molecule has 1 atom stereocenters. The Bertz CT molecular complexity index is 420. The summed E-state index contributed by atoms with van der Waals surface area (Å²) in [6, 6.07) is 11.3. The number of halogens is 1. The summed E-state index contributed by atoms with van der Waals surface area (Å²) < 4.78 is 0. The van der Waals surface area contributed by atoms with Crippen LogP contribution in [0.5, 0.6) is 0 Å². The minimum atomic E-state index is 0. The van der Waals surface area contributed by atoms with Crippen molar-refractivity contribution < 1.29 is 0 Å². The van der Waals surface area contributed by atoms with Crippen LogP contribution < -0.4 is 10.6 Å². The van der Waals surface area contributed by atoms with E-state index in [0.717, 1.165) is 25.6 Å². The van der Waals surface area contributed by atoms with Crippen LogP contribution in [-0.4, -0.2) is 43.1 Å². The second-order valence-corrected chi connectivity index (χ2v) is 5.77. The molecule has 0 aliphatic rings. The fourth-order valence-electron chi connectivity index (χ4n) is 1.98. The van der Waals surface area contributed by atoms with Crippen LogP contribution in [0.25, 0.3) is 0 Å². The average molecular weight is 418 g/mol. The van der Waals surface area contributed by atoms with E-state index in [2.05, 4.69) is 85.6 Å². The molecule has 1 aromatic rings. The van der Waals surface area contributed by atoms with E-state index in [9.17, 15) is 0 Å². The van der Waals surface area contributed by atoms with Crippen LogP contribution in [0.1, 0.15) is 33.3 Å². The molecule has 5 heteroatoms. The molecule has 0 aromatic heterocycles. The normalized spacial score (nSPS) is 13.0. The second-order valence-electron chi connectivity index (χ2n) is 5.77. The number of nitrogens with one attached hydrogen (secondary N) is 2. The molecule has 2 N–H and O–H groups in total. The smallest absolute Gasteiger partial charge is 0.191 e. The molecular formula is C17H31IN4. The van der Waals surface area contributed by atoms with Gasteiger partial charge >= 0.3 is 0 Å². The zero-order chi connectivity index (χ0) is 15.7. The average Bonchev–Trinajstić information content (AvgIpc) is 2.45.